The number of piperidine rings is 1. The minimum absolute atomic E-state index is 0.0422. The van der Waals surface area contributed by atoms with E-state index in [1.807, 2.05) is 23.1 Å². The predicted molar refractivity (Wildman–Crippen MR) is 82.6 cm³/mol. The van der Waals surface area contributed by atoms with E-state index in [4.69, 9.17) is 9.47 Å². The Kier molecular flexibility index (Phi) is 4.62. The van der Waals surface area contributed by atoms with E-state index in [9.17, 15) is 4.79 Å². The van der Waals surface area contributed by atoms with Crippen LogP contribution in [0.25, 0.3) is 0 Å². The van der Waals surface area contributed by atoms with Gasteiger partial charge in [-0.1, -0.05) is 6.07 Å². The van der Waals surface area contributed by atoms with Crippen LogP contribution in [0, 0.1) is 5.92 Å². The van der Waals surface area contributed by atoms with Crippen molar-refractivity contribution in [2.75, 3.05) is 26.3 Å². The Bertz CT molecular complexity index is 498. The predicted octanol–water partition coefficient (Wildman–Crippen LogP) is 2.27. The molecule has 5 nitrogen and oxygen atoms in total. The zero-order chi connectivity index (χ0) is 15.4. The molecule has 0 saturated carbocycles. The van der Waals surface area contributed by atoms with Crippen molar-refractivity contribution in [3.05, 3.63) is 24.4 Å². The summed E-state index contributed by atoms with van der Waals surface area (Å²) < 4.78 is 11.8. The van der Waals surface area contributed by atoms with Gasteiger partial charge in [0.05, 0.1) is 12.2 Å². The van der Waals surface area contributed by atoms with Crippen molar-refractivity contribution >= 4 is 5.91 Å². The molecule has 1 aromatic rings. The highest BCUT2D eigenvalue weighted by Crippen LogP contribution is 2.42. The normalized spacial score (nSPS) is 23.7. The molecule has 1 spiro atoms. The zero-order valence-corrected chi connectivity index (χ0v) is 13.2. The van der Waals surface area contributed by atoms with Crippen molar-refractivity contribution in [2.24, 2.45) is 5.92 Å². The molecule has 2 saturated heterocycles. The number of ether oxygens (including phenoxy) is 2. The van der Waals surface area contributed by atoms with E-state index >= 15 is 0 Å². The topological polar surface area (TPSA) is 51.7 Å². The molecule has 1 aromatic heterocycles. The van der Waals surface area contributed by atoms with Gasteiger partial charge in [-0.15, -0.1) is 0 Å². The van der Waals surface area contributed by atoms with Crippen LogP contribution in [0.1, 0.15) is 32.6 Å². The van der Waals surface area contributed by atoms with Crippen LogP contribution >= 0.6 is 0 Å². The Balaban J connectivity index is 1.52. The van der Waals surface area contributed by atoms with Gasteiger partial charge in [0.1, 0.15) is 0 Å². The smallest absolute Gasteiger partial charge is 0.219 e. The van der Waals surface area contributed by atoms with Gasteiger partial charge in [-0.05, 0) is 37.7 Å². The molecule has 22 heavy (non-hydrogen) atoms. The Morgan fingerprint density at radius 1 is 1.45 bits per heavy atom. The molecule has 2 fully saturated rings. The van der Waals surface area contributed by atoms with Crippen molar-refractivity contribution in [3.63, 3.8) is 0 Å². The molecule has 3 rings (SSSR count). The summed E-state index contributed by atoms with van der Waals surface area (Å²) in [4.78, 5) is 17.6. The van der Waals surface area contributed by atoms with Crippen LogP contribution in [0.15, 0.2) is 24.4 Å². The lowest BCUT2D eigenvalue weighted by atomic mass is 9.78. The molecule has 2 aliphatic rings. The lowest BCUT2D eigenvalue weighted by Crippen LogP contribution is -2.49. The molecular formula is C17H24N2O3. The maximum Gasteiger partial charge on any atom is 0.219 e. The maximum atomic E-state index is 11.5. The van der Waals surface area contributed by atoms with Crippen LogP contribution in [0.5, 0.6) is 5.88 Å². The van der Waals surface area contributed by atoms with Gasteiger partial charge < -0.3 is 14.4 Å². The van der Waals surface area contributed by atoms with Gasteiger partial charge in [0.2, 0.25) is 11.8 Å². The second-order valence-corrected chi connectivity index (χ2v) is 6.21. The van der Waals surface area contributed by atoms with Gasteiger partial charge >= 0.3 is 0 Å². The van der Waals surface area contributed by atoms with E-state index in [0.717, 1.165) is 45.4 Å². The molecule has 0 bridgehead atoms. The van der Waals surface area contributed by atoms with Crippen LogP contribution < -0.4 is 4.74 Å². The van der Waals surface area contributed by atoms with E-state index in [2.05, 4.69) is 4.98 Å². The van der Waals surface area contributed by atoms with Crippen LogP contribution in [-0.4, -0.2) is 47.7 Å². The highest BCUT2D eigenvalue weighted by Gasteiger charge is 2.46. The second kappa shape index (κ2) is 6.65. The SMILES string of the molecule is CC(=O)N1CCC2(CC1)OCC[C@H]2CCOc1ccccn1. The van der Waals surface area contributed by atoms with Crippen molar-refractivity contribution in [3.8, 4) is 5.88 Å². The molecule has 0 radical (unpaired) electrons. The van der Waals surface area contributed by atoms with Crippen molar-refractivity contribution in [1.82, 2.24) is 9.88 Å². The number of hydrogen-bond donors (Lipinski definition) is 0. The van der Waals surface area contributed by atoms with Crippen molar-refractivity contribution in [1.29, 1.82) is 0 Å². The average Bonchev–Trinajstić information content (AvgIpc) is 2.91. The number of carbonyl (C=O) groups is 1. The highest BCUT2D eigenvalue weighted by molar-refractivity contribution is 5.73. The molecule has 120 valence electrons. The van der Waals surface area contributed by atoms with E-state index in [0.29, 0.717) is 18.4 Å². The molecule has 5 heteroatoms. The zero-order valence-electron chi connectivity index (χ0n) is 13.2. The number of amides is 1. The number of aromatic nitrogens is 1. The van der Waals surface area contributed by atoms with Crippen LogP contribution in [-0.2, 0) is 9.53 Å². The van der Waals surface area contributed by atoms with E-state index in [1.165, 1.54) is 0 Å². The molecule has 1 atom stereocenters. The maximum absolute atomic E-state index is 11.5. The summed E-state index contributed by atoms with van der Waals surface area (Å²) in [5, 5.41) is 0. The van der Waals surface area contributed by atoms with Gasteiger partial charge in [-0.2, -0.15) is 0 Å². The molecule has 0 N–H and O–H groups in total. The Hall–Kier alpha value is -1.62. The summed E-state index contributed by atoms with van der Waals surface area (Å²) in [6.45, 7) is 4.77. The Morgan fingerprint density at radius 3 is 2.95 bits per heavy atom. The molecule has 1 amide bonds. The molecule has 2 aliphatic heterocycles. The monoisotopic (exact) mass is 304 g/mol. The van der Waals surface area contributed by atoms with Gasteiger partial charge in [0.15, 0.2) is 0 Å². The molecule has 0 aliphatic carbocycles. The first kappa shape index (κ1) is 15.3. The summed E-state index contributed by atoms with van der Waals surface area (Å²) in [7, 11) is 0. The van der Waals surface area contributed by atoms with Crippen LogP contribution in [0.4, 0.5) is 0 Å². The first-order valence-corrected chi connectivity index (χ1v) is 8.13. The number of likely N-dealkylation sites (tertiary alicyclic amines) is 1. The molecule has 0 aromatic carbocycles. The lowest BCUT2D eigenvalue weighted by Gasteiger charge is -2.42. The van der Waals surface area contributed by atoms with E-state index in [1.54, 1.807) is 13.1 Å². The fourth-order valence-corrected chi connectivity index (χ4v) is 3.68. The van der Waals surface area contributed by atoms with Gasteiger partial charge in [-0.25, -0.2) is 4.98 Å². The van der Waals surface area contributed by atoms with Crippen LogP contribution in [0.3, 0.4) is 0 Å². The first-order valence-electron chi connectivity index (χ1n) is 8.13. The standard InChI is InChI=1S/C17H24N2O3/c1-14(20)19-10-7-17(8-11-19)15(6-13-22-17)5-12-21-16-4-2-3-9-18-16/h2-4,9,15H,5-8,10-13H2,1H3/t15-/m1/s1. The number of carbonyl (C=O) groups excluding carboxylic acids is 1. The summed E-state index contributed by atoms with van der Waals surface area (Å²) in [5.41, 5.74) is -0.0422. The van der Waals surface area contributed by atoms with Gasteiger partial charge in [-0.3, -0.25) is 4.79 Å². The third-order valence-corrected chi connectivity index (χ3v) is 5.01. The lowest BCUT2D eigenvalue weighted by molar-refractivity contribution is -0.135. The quantitative estimate of drug-likeness (QED) is 0.856. The van der Waals surface area contributed by atoms with Gasteiger partial charge in [0, 0.05) is 38.9 Å². The average molecular weight is 304 g/mol. The number of pyridine rings is 1. The van der Waals surface area contributed by atoms with Crippen molar-refractivity contribution in [2.45, 2.75) is 38.2 Å². The Labute approximate surface area is 131 Å². The summed E-state index contributed by atoms with van der Waals surface area (Å²) >= 11 is 0. The molecule has 0 unspecified atom stereocenters. The second-order valence-electron chi connectivity index (χ2n) is 6.21. The van der Waals surface area contributed by atoms with Crippen LogP contribution in [0.2, 0.25) is 0 Å². The number of hydrogen-bond acceptors (Lipinski definition) is 4. The number of nitrogens with zero attached hydrogens (tertiary/aromatic N) is 2. The van der Waals surface area contributed by atoms with Gasteiger partial charge in [0.25, 0.3) is 0 Å². The third-order valence-electron chi connectivity index (χ3n) is 5.01. The summed E-state index contributed by atoms with van der Waals surface area (Å²) in [5.74, 6) is 1.37. The van der Waals surface area contributed by atoms with E-state index < -0.39 is 0 Å². The minimum atomic E-state index is -0.0422. The largest absolute Gasteiger partial charge is 0.478 e. The number of rotatable bonds is 4. The fourth-order valence-electron chi connectivity index (χ4n) is 3.68. The molecular weight excluding hydrogens is 280 g/mol. The fraction of sp³-hybridized carbons (Fsp3) is 0.647. The first-order chi connectivity index (χ1) is 10.7. The highest BCUT2D eigenvalue weighted by atomic mass is 16.5. The Morgan fingerprint density at radius 2 is 2.27 bits per heavy atom. The molecule has 3 heterocycles. The summed E-state index contributed by atoms with van der Waals surface area (Å²) in [6, 6.07) is 5.70. The van der Waals surface area contributed by atoms with E-state index in [-0.39, 0.29) is 11.5 Å². The minimum Gasteiger partial charge on any atom is -0.478 e. The summed E-state index contributed by atoms with van der Waals surface area (Å²) in [6.07, 6.45) is 5.71. The van der Waals surface area contributed by atoms with Crippen molar-refractivity contribution < 1.29 is 14.3 Å². The third kappa shape index (κ3) is 3.24.